The molecule has 18 heavy (non-hydrogen) atoms. The van der Waals surface area contributed by atoms with E-state index < -0.39 is 6.10 Å². The van der Waals surface area contributed by atoms with Crippen molar-refractivity contribution in [3.8, 4) is 11.1 Å². The van der Waals surface area contributed by atoms with Crippen LogP contribution in [0.5, 0.6) is 0 Å². The van der Waals surface area contributed by atoms with Gasteiger partial charge in [-0.05, 0) is 34.4 Å². The number of carbonyl (C=O) groups excluding carboxylic acids is 1. The maximum absolute atomic E-state index is 11.0. The zero-order valence-electron chi connectivity index (χ0n) is 9.97. The summed E-state index contributed by atoms with van der Waals surface area (Å²) in [6.45, 7) is 1.47. The standard InChI is InChI=1S/C15H13NO2/c1-9(17)16-10-6-7-12-11-4-2-3-5-13(11)15(18)14(12)8-10/h2-8,15,18H,1H3,(H,16,17)/t15-/m0/s1. The number of hydrogen-bond donors (Lipinski definition) is 2. The normalized spacial score (nSPS) is 16.0. The van der Waals surface area contributed by atoms with Crippen molar-refractivity contribution >= 4 is 11.6 Å². The summed E-state index contributed by atoms with van der Waals surface area (Å²) in [5, 5.41) is 13.0. The minimum Gasteiger partial charge on any atom is -0.384 e. The number of benzene rings is 2. The molecule has 0 heterocycles. The van der Waals surface area contributed by atoms with Crippen molar-refractivity contribution < 1.29 is 9.90 Å². The Bertz CT molecular complexity index is 634. The number of aliphatic hydroxyl groups is 1. The topological polar surface area (TPSA) is 49.3 Å². The van der Waals surface area contributed by atoms with Gasteiger partial charge in [0.15, 0.2) is 0 Å². The number of hydrogen-bond acceptors (Lipinski definition) is 2. The largest absolute Gasteiger partial charge is 0.384 e. The molecule has 2 aromatic rings. The van der Waals surface area contributed by atoms with Crippen molar-refractivity contribution in [2.75, 3.05) is 5.32 Å². The molecule has 1 amide bonds. The monoisotopic (exact) mass is 239 g/mol. The third-order valence-corrected chi connectivity index (χ3v) is 3.21. The van der Waals surface area contributed by atoms with Crippen LogP contribution in [0.2, 0.25) is 0 Å². The molecule has 0 spiro atoms. The molecule has 1 atom stereocenters. The van der Waals surface area contributed by atoms with Crippen molar-refractivity contribution in [1.29, 1.82) is 0 Å². The average Bonchev–Trinajstić information content (AvgIpc) is 2.63. The van der Waals surface area contributed by atoms with Gasteiger partial charge in [0.2, 0.25) is 5.91 Å². The summed E-state index contributed by atoms with van der Waals surface area (Å²) in [6, 6.07) is 13.4. The molecular weight excluding hydrogens is 226 g/mol. The molecule has 0 radical (unpaired) electrons. The van der Waals surface area contributed by atoms with Crippen LogP contribution < -0.4 is 5.32 Å². The van der Waals surface area contributed by atoms with Gasteiger partial charge in [-0.2, -0.15) is 0 Å². The van der Waals surface area contributed by atoms with E-state index in [1.54, 1.807) is 0 Å². The molecule has 0 saturated heterocycles. The minimum atomic E-state index is -0.607. The lowest BCUT2D eigenvalue weighted by Crippen LogP contribution is -2.06. The Kier molecular flexibility index (Phi) is 2.42. The van der Waals surface area contributed by atoms with E-state index in [1.807, 2.05) is 42.5 Å². The van der Waals surface area contributed by atoms with E-state index in [0.29, 0.717) is 5.69 Å². The third-order valence-electron chi connectivity index (χ3n) is 3.21. The fourth-order valence-corrected chi connectivity index (χ4v) is 2.46. The van der Waals surface area contributed by atoms with Gasteiger partial charge in [-0.25, -0.2) is 0 Å². The van der Waals surface area contributed by atoms with Crippen LogP contribution in [-0.4, -0.2) is 11.0 Å². The van der Waals surface area contributed by atoms with Crippen LogP contribution in [0.3, 0.4) is 0 Å². The van der Waals surface area contributed by atoms with Gasteiger partial charge in [0.05, 0.1) is 0 Å². The van der Waals surface area contributed by atoms with Crippen LogP contribution in [0.15, 0.2) is 42.5 Å². The Hall–Kier alpha value is -2.13. The highest BCUT2D eigenvalue weighted by molar-refractivity contribution is 5.90. The van der Waals surface area contributed by atoms with Gasteiger partial charge in [-0.15, -0.1) is 0 Å². The molecule has 2 aromatic carbocycles. The minimum absolute atomic E-state index is 0.111. The Morgan fingerprint density at radius 3 is 2.61 bits per heavy atom. The number of fused-ring (bicyclic) bond motifs is 3. The first kappa shape index (κ1) is 11.0. The van der Waals surface area contributed by atoms with Gasteiger partial charge >= 0.3 is 0 Å². The van der Waals surface area contributed by atoms with Gasteiger partial charge in [-0.3, -0.25) is 4.79 Å². The van der Waals surface area contributed by atoms with Crippen molar-refractivity contribution in [2.45, 2.75) is 13.0 Å². The highest BCUT2D eigenvalue weighted by Gasteiger charge is 2.26. The lowest BCUT2D eigenvalue weighted by Gasteiger charge is -2.08. The summed E-state index contributed by atoms with van der Waals surface area (Å²) < 4.78 is 0. The van der Waals surface area contributed by atoms with E-state index in [2.05, 4.69) is 5.32 Å². The summed E-state index contributed by atoms with van der Waals surface area (Å²) in [7, 11) is 0. The molecule has 0 aliphatic heterocycles. The van der Waals surface area contributed by atoms with Crippen LogP contribution in [0.4, 0.5) is 5.69 Å². The maximum atomic E-state index is 11.0. The van der Waals surface area contributed by atoms with E-state index in [4.69, 9.17) is 0 Å². The molecule has 3 rings (SSSR count). The summed E-state index contributed by atoms with van der Waals surface area (Å²) in [4.78, 5) is 11.0. The van der Waals surface area contributed by atoms with E-state index in [0.717, 1.165) is 22.3 Å². The lowest BCUT2D eigenvalue weighted by molar-refractivity contribution is -0.114. The molecule has 1 aliphatic carbocycles. The van der Waals surface area contributed by atoms with E-state index in [-0.39, 0.29) is 5.91 Å². The van der Waals surface area contributed by atoms with Gasteiger partial charge in [0.1, 0.15) is 6.10 Å². The number of aliphatic hydroxyl groups excluding tert-OH is 1. The predicted octanol–water partition coefficient (Wildman–Crippen LogP) is 2.71. The second kappa shape index (κ2) is 3.96. The number of anilines is 1. The Morgan fingerprint density at radius 2 is 1.83 bits per heavy atom. The second-order valence-corrected chi connectivity index (χ2v) is 4.47. The molecule has 90 valence electrons. The van der Waals surface area contributed by atoms with Gasteiger partial charge < -0.3 is 10.4 Å². The molecule has 0 unspecified atom stereocenters. The zero-order chi connectivity index (χ0) is 12.7. The molecular formula is C15H13NO2. The van der Waals surface area contributed by atoms with Crippen LogP contribution in [0.1, 0.15) is 24.2 Å². The number of nitrogens with one attached hydrogen (secondary N) is 1. The first-order valence-corrected chi connectivity index (χ1v) is 5.86. The maximum Gasteiger partial charge on any atom is 0.221 e. The molecule has 2 N–H and O–H groups in total. The van der Waals surface area contributed by atoms with E-state index >= 15 is 0 Å². The quantitative estimate of drug-likeness (QED) is 0.803. The third kappa shape index (κ3) is 1.60. The van der Waals surface area contributed by atoms with Crippen molar-refractivity contribution in [3.05, 3.63) is 53.6 Å². The van der Waals surface area contributed by atoms with Crippen LogP contribution in [0, 0.1) is 0 Å². The highest BCUT2D eigenvalue weighted by atomic mass is 16.3. The number of rotatable bonds is 1. The highest BCUT2D eigenvalue weighted by Crippen LogP contribution is 2.43. The van der Waals surface area contributed by atoms with Gasteiger partial charge in [0, 0.05) is 12.6 Å². The fraction of sp³-hybridized carbons (Fsp3) is 0.133. The lowest BCUT2D eigenvalue weighted by atomic mass is 10.1. The van der Waals surface area contributed by atoms with Crippen LogP contribution in [-0.2, 0) is 4.79 Å². The molecule has 0 aromatic heterocycles. The summed E-state index contributed by atoms with van der Waals surface area (Å²) >= 11 is 0. The summed E-state index contributed by atoms with van der Waals surface area (Å²) in [5.41, 5.74) is 4.59. The predicted molar refractivity (Wildman–Crippen MR) is 70.2 cm³/mol. The second-order valence-electron chi connectivity index (χ2n) is 4.47. The summed E-state index contributed by atoms with van der Waals surface area (Å²) in [5.74, 6) is -0.111. The van der Waals surface area contributed by atoms with Crippen molar-refractivity contribution in [2.24, 2.45) is 0 Å². The van der Waals surface area contributed by atoms with E-state index in [9.17, 15) is 9.90 Å². The molecule has 0 bridgehead atoms. The Labute approximate surface area is 105 Å². The summed E-state index contributed by atoms with van der Waals surface area (Å²) in [6.07, 6.45) is -0.607. The Morgan fingerprint density at radius 1 is 1.11 bits per heavy atom. The van der Waals surface area contributed by atoms with Crippen LogP contribution in [0.25, 0.3) is 11.1 Å². The molecule has 3 heteroatoms. The SMILES string of the molecule is CC(=O)Nc1ccc2c(c1)[C@@H](O)c1ccccc1-2. The first-order chi connectivity index (χ1) is 8.66. The first-order valence-electron chi connectivity index (χ1n) is 5.86. The van der Waals surface area contributed by atoms with Gasteiger partial charge in [0.25, 0.3) is 0 Å². The van der Waals surface area contributed by atoms with Crippen LogP contribution >= 0.6 is 0 Å². The average molecular weight is 239 g/mol. The Balaban J connectivity index is 2.10. The van der Waals surface area contributed by atoms with E-state index in [1.165, 1.54) is 6.92 Å². The smallest absolute Gasteiger partial charge is 0.221 e. The number of amides is 1. The molecule has 0 saturated carbocycles. The zero-order valence-corrected chi connectivity index (χ0v) is 9.97. The molecule has 3 nitrogen and oxygen atoms in total. The fourth-order valence-electron chi connectivity index (χ4n) is 2.46. The molecule has 1 aliphatic rings. The molecule has 0 fully saturated rings. The van der Waals surface area contributed by atoms with Crippen molar-refractivity contribution in [1.82, 2.24) is 0 Å². The number of carbonyl (C=O) groups is 1. The van der Waals surface area contributed by atoms with Crippen molar-refractivity contribution in [3.63, 3.8) is 0 Å². The van der Waals surface area contributed by atoms with Gasteiger partial charge in [-0.1, -0.05) is 30.3 Å².